The molecule has 1 atom stereocenters. The maximum absolute atomic E-state index is 5.06. The summed E-state index contributed by atoms with van der Waals surface area (Å²) in [7, 11) is 1.70. The van der Waals surface area contributed by atoms with Gasteiger partial charge in [-0.25, -0.2) is 0 Å². The van der Waals surface area contributed by atoms with Crippen LogP contribution >= 0.6 is 11.8 Å². The molecule has 0 aromatic rings. The van der Waals surface area contributed by atoms with Crippen LogP contribution in [0.25, 0.3) is 0 Å². The van der Waals surface area contributed by atoms with Crippen molar-refractivity contribution in [2.45, 2.75) is 19.9 Å². The Kier molecular flexibility index (Phi) is 9.83. The number of aliphatic imine (C=N–C) groups is 1. The van der Waals surface area contributed by atoms with Gasteiger partial charge in [0.2, 0.25) is 0 Å². The standard InChI is InChI=1S/C10H23N3OS/c1-5-11-10(12-6-7-15-4)13-9(2)8-14-3/h9H,5-8H2,1-4H3,(H2,11,12,13). The van der Waals surface area contributed by atoms with Crippen LogP contribution in [0, 0.1) is 0 Å². The van der Waals surface area contributed by atoms with Crippen LogP contribution in [0.15, 0.2) is 4.99 Å². The highest BCUT2D eigenvalue weighted by Crippen LogP contribution is 1.90. The number of rotatable bonds is 7. The molecule has 15 heavy (non-hydrogen) atoms. The van der Waals surface area contributed by atoms with Crippen molar-refractivity contribution >= 4 is 17.7 Å². The van der Waals surface area contributed by atoms with E-state index in [1.165, 1.54) is 0 Å². The molecule has 0 saturated heterocycles. The van der Waals surface area contributed by atoms with Crippen LogP contribution in [0.2, 0.25) is 0 Å². The van der Waals surface area contributed by atoms with Crippen LogP contribution in [-0.4, -0.2) is 50.8 Å². The van der Waals surface area contributed by atoms with Gasteiger partial charge >= 0.3 is 0 Å². The number of guanidine groups is 1. The van der Waals surface area contributed by atoms with Gasteiger partial charge in [-0.15, -0.1) is 0 Å². The number of ether oxygens (including phenoxy) is 1. The Morgan fingerprint density at radius 3 is 2.80 bits per heavy atom. The zero-order chi connectivity index (χ0) is 11.5. The zero-order valence-electron chi connectivity index (χ0n) is 10.2. The van der Waals surface area contributed by atoms with Gasteiger partial charge < -0.3 is 15.4 Å². The second-order valence-electron chi connectivity index (χ2n) is 3.25. The molecule has 0 aliphatic rings. The minimum absolute atomic E-state index is 0.280. The predicted octanol–water partition coefficient (Wildman–Crippen LogP) is 0.939. The summed E-state index contributed by atoms with van der Waals surface area (Å²) in [5.41, 5.74) is 0. The first-order chi connectivity index (χ1) is 7.24. The average molecular weight is 233 g/mol. The maximum atomic E-state index is 5.06. The summed E-state index contributed by atoms with van der Waals surface area (Å²) in [4.78, 5) is 4.44. The molecular weight excluding hydrogens is 210 g/mol. The van der Waals surface area contributed by atoms with Crippen molar-refractivity contribution in [3.8, 4) is 0 Å². The van der Waals surface area contributed by atoms with Gasteiger partial charge in [0.1, 0.15) is 0 Å². The van der Waals surface area contributed by atoms with Crippen LogP contribution in [0.5, 0.6) is 0 Å². The van der Waals surface area contributed by atoms with E-state index in [0.29, 0.717) is 6.61 Å². The fourth-order valence-electron chi connectivity index (χ4n) is 1.09. The molecule has 5 heteroatoms. The number of methoxy groups -OCH3 is 1. The van der Waals surface area contributed by atoms with Crippen molar-refractivity contribution in [2.24, 2.45) is 4.99 Å². The van der Waals surface area contributed by atoms with E-state index in [1.807, 2.05) is 0 Å². The van der Waals surface area contributed by atoms with Gasteiger partial charge in [0, 0.05) is 25.4 Å². The second-order valence-corrected chi connectivity index (χ2v) is 4.24. The molecule has 2 N–H and O–H groups in total. The molecule has 4 nitrogen and oxygen atoms in total. The Labute approximate surface area is 97.3 Å². The van der Waals surface area contributed by atoms with Crippen molar-refractivity contribution in [2.75, 3.05) is 38.8 Å². The summed E-state index contributed by atoms with van der Waals surface area (Å²) < 4.78 is 5.06. The summed E-state index contributed by atoms with van der Waals surface area (Å²) in [5, 5.41) is 6.49. The molecule has 0 fully saturated rings. The zero-order valence-corrected chi connectivity index (χ0v) is 11.0. The summed E-state index contributed by atoms with van der Waals surface area (Å²) in [6.07, 6.45) is 2.09. The fraction of sp³-hybridized carbons (Fsp3) is 0.900. The van der Waals surface area contributed by atoms with E-state index in [-0.39, 0.29) is 6.04 Å². The lowest BCUT2D eigenvalue weighted by Gasteiger charge is -2.16. The molecular formula is C10H23N3OS. The highest BCUT2D eigenvalue weighted by Gasteiger charge is 2.03. The van der Waals surface area contributed by atoms with Crippen molar-refractivity contribution in [3.05, 3.63) is 0 Å². The minimum Gasteiger partial charge on any atom is -0.383 e. The first-order valence-electron chi connectivity index (χ1n) is 5.27. The predicted molar refractivity (Wildman–Crippen MR) is 68.8 cm³/mol. The third kappa shape index (κ3) is 8.57. The van der Waals surface area contributed by atoms with Crippen LogP contribution in [0.3, 0.4) is 0 Å². The molecule has 0 aromatic heterocycles. The molecule has 0 aromatic carbocycles. The maximum Gasteiger partial charge on any atom is 0.191 e. The van der Waals surface area contributed by atoms with Gasteiger partial charge in [0.05, 0.1) is 13.2 Å². The Morgan fingerprint density at radius 1 is 1.53 bits per heavy atom. The SMILES string of the molecule is CCNC(=NCCSC)NC(C)COC. The lowest BCUT2D eigenvalue weighted by molar-refractivity contribution is 0.179. The van der Waals surface area contributed by atoms with Crippen molar-refractivity contribution in [1.29, 1.82) is 0 Å². The first-order valence-corrected chi connectivity index (χ1v) is 6.66. The Balaban J connectivity index is 3.95. The van der Waals surface area contributed by atoms with E-state index < -0.39 is 0 Å². The van der Waals surface area contributed by atoms with Crippen LogP contribution in [0.4, 0.5) is 0 Å². The molecule has 0 aliphatic carbocycles. The molecule has 0 radical (unpaired) electrons. The number of hydrogen-bond acceptors (Lipinski definition) is 3. The monoisotopic (exact) mass is 233 g/mol. The van der Waals surface area contributed by atoms with Gasteiger partial charge in [-0.2, -0.15) is 11.8 Å². The van der Waals surface area contributed by atoms with Crippen LogP contribution < -0.4 is 10.6 Å². The fourth-order valence-corrected chi connectivity index (χ4v) is 1.37. The Bertz CT molecular complexity index is 176. The summed E-state index contributed by atoms with van der Waals surface area (Å²) >= 11 is 1.80. The highest BCUT2D eigenvalue weighted by atomic mass is 32.2. The van der Waals surface area contributed by atoms with Crippen molar-refractivity contribution in [3.63, 3.8) is 0 Å². The third-order valence-corrected chi connectivity index (χ3v) is 2.30. The second kappa shape index (κ2) is 10.1. The minimum atomic E-state index is 0.280. The molecule has 0 heterocycles. The van der Waals surface area contributed by atoms with Gasteiger partial charge in [0.25, 0.3) is 0 Å². The smallest absolute Gasteiger partial charge is 0.191 e. The molecule has 90 valence electrons. The van der Waals surface area contributed by atoms with Crippen LogP contribution in [-0.2, 0) is 4.74 Å². The third-order valence-electron chi connectivity index (χ3n) is 1.71. The van der Waals surface area contributed by atoms with E-state index in [4.69, 9.17) is 4.74 Å². The van der Waals surface area contributed by atoms with E-state index in [1.54, 1.807) is 18.9 Å². The lowest BCUT2D eigenvalue weighted by atomic mass is 10.4. The molecule has 0 bridgehead atoms. The van der Waals surface area contributed by atoms with Gasteiger partial charge in [-0.3, -0.25) is 4.99 Å². The largest absolute Gasteiger partial charge is 0.383 e. The molecule has 0 spiro atoms. The average Bonchev–Trinajstić information content (AvgIpc) is 2.18. The van der Waals surface area contributed by atoms with E-state index in [0.717, 1.165) is 24.8 Å². The topological polar surface area (TPSA) is 45.7 Å². The quantitative estimate of drug-likeness (QED) is 0.390. The van der Waals surface area contributed by atoms with Crippen LogP contribution in [0.1, 0.15) is 13.8 Å². The lowest BCUT2D eigenvalue weighted by Crippen LogP contribution is -2.44. The number of hydrogen-bond donors (Lipinski definition) is 2. The number of nitrogens with one attached hydrogen (secondary N) is 2. The van der Waals surface area contributed by atoms with Gasteiger partial charge in [-0.05, 0) is 20.1 Å². The molecule has 0 rings (SSSR count). The van der Waals surface area contributed by atoms with Gasteiger partial charge in [-0.1, -0.05) is 0 Å². The number of thioether (sulfide) groups is 1. The molecule has 1 unspecified atom stereocenters. The molecule has 0 saturated carbocycles. The normalized spacial score (nSPS) is 13.7. The van der Waals surface area contributed by atoms with Crippen molar-refractivity contribution in [1.82, 2.24) is 10.6 Å². The summed E-state index contributed by atoms with van der Waals surface area (Å²) in [6.45, 7) is 6.55. The first kappa shape index (κ1) is 14.6. The Morgan fingerprint density at radius 2 is 2.27 bits per heavy atom. The van der Waals surface area contributed by atoms with E-state index >= 15 is 0 Å². The number of nitrogens with zero attached hydrogens (tertiary/aromatic N) is 1. The highest BCUT2D eigenvalue weighted by molar-refractivity contribution is 7.98. The van der Waals surface area contributed by atoms with Crippen molar-refractivity contribution < 1.29 is 4.74 Å². The summed E-state index contributed by atoms with van der Waals surface area (Å²) in [6, 6.07) is 0.280. The molecule has 0 amide bonds. The van der Waals surface area contributed by atoms with Gasteiger partial charge in [0.15, 0.2) is 5.96 Å². The van der Waals surface area contributed by atoms with E-state index in [9.17, 15) is 0 Å². The summed E-state index contributed by atoms with van der Waals surface area (Å²) in [5.74, 6) is 1.92. The van der Waals surface area contributed by atoms with E-state index in [2.05, 4.69) is 35.7 Å². The Hall–Kier alpha value is -0.420. The molecule has 0 aliphatic heterocycles.